The van der Waals surface area contributed by atoms with Gasteiger partial charge in [0.2, 0.25) is 0 Å². The summed E-state index contributed by atoms with van der Waals surface area (Å²) in [6.07, 6.45) is 12.6. The molecule has 0 aromatic heterocycles. The third-order valence-electron chi connectivity index (χ3n) is 8.28. The normalized spacial score (nSPS) is 29.0. The zero-order valence-electron chi connectivity index (χ0n) is 19.7. The Morgan fingerprint density at radius 1 is 0.903 bits per heavy atom. The Kier molecular flexibility index (Phi) is 7.06. The van der Waals surface area contributed by atoms with Crippen LogP contribution in [-0.4, -0.2) is 12.2 Å². The van der Waals surface area contributed by atoms with E-state index in [1.807, 2.05) is 6.07 Å². The van der Waals surface area contributed by atoms with Crippen LogP contribution in [0.2, 0.25) is 0 Å². The van der Waals surface area contributed by atoms with E-state index in [-0.39, 0.29) is 0 Å². The zero-order chi connectivity index (χ0) is 21.8. The number of ether oxygens (including phenoxy) is 1. The molecule has 2 saturated carbocycles. The first-order valence-corrected chi connectivity index (χ1v) is 12.5. The van der Waals surface area contributed by atoms with E-state index in [1.165, 1.54) is 68.1 Å². The van der Waals surface area contributed by atoms with Crippen molar-refractivity contribution < 1.29 is 9.84 Å². The SMILES string of the molecule is CCCC1CCC(C2CCC(O)(c3ccc(-c4ccc(OC)cc4C)cc3)CC2)CC1. The van der Waals surface area contributed by atoms with Gasteiger partial charge in [-0.2, -0.15) is 0 Å². The molecule has 2 aliphatic carbocycles. The van der Waals surface area contributed by atoms with E-state index in [2.05, 4.69) is 50.2 Å². The maximum atomic E-state index is 11.4. The summed E-state index contributed by atoms with van der Waals surface area (Å²) in [6, 6.07) is 14.9. The lowest BCUT2D eigenvalue weighted by atomic mass is 9.66. The lowest BCUT2D eigenvalue weighted by molar-refractivity contribution is -0.0260. The molecule has 2 aromatic rings. The highest BCUT2D eigenvalue weighted by Gasteiger charge is 2.38. The van der Waals surface area contributed by atoms with Gasteiger partial charge in [0, 0.05) is 0 Å². The molecule has 168 valence electrons. The molecule has 0 heterocycles. The van der Waals surface area contributed by atoms with Gasteiger partial charge in [0.15, 0.2) is 0 Å². The lowest BCUT2D eigenvalue weighted by Crippen LogP contribution is -2.34. The van der Waals surface area contributed by atoms with Gasteiger partial charge >= 0.3 is 0 Å². The second kappa shape index (κ2) is 9.77. The first kappa shape index (κ1) is 22.4. The fourth-order valence-corrected chi connectivity index (χ4v) is 6.28. The minimum Gasteiger partial charge on any atom is -0.497 e. The number of hydrogen-bond acceptors (Lipinski definition) is 2. The molecule has 2 nitrogen and oxygen atoms in total. The van der Waals surface area contributed by atoms with Gasteiger partial charge in [0.05, 0.1) is 12.7 Å². The van der Waals surface area contributed by atoms with Crippen molar-refractivity contribution in [1.29, 1.82) is 0 Å². The van der Waals surface area contributed by atoms with Gasteiger partial charge in [-0.05, 0) is 97.6 Å². The fraction of sp³-hybridized carbons (Fsp3) is 0.586. The summed E-state index contributed by atoms with van der Waals surface area (Å²) in [7, 11) is 1.70. The maximum absolute atomic E-state index is 11.4. The van der Waals surface area contributed by atoms with Gasteiger partial charge in [0.1, 0.15) is 5.75 Å². The number of rotatable bonds is 6. The van der Waals surface area contributed by atoms with Crippen LogP contribution in [0.5, 0.6) is 5.75 Å². The molecule has 4 rings (SSSR count). The molecular formula is C29H40O2. The standard InChI is InChI=1S/C29H40O2/c1-4-5-22-6-8-23(9-7-22)24-16-18-29(30,19-17-24)26-12-10-25(11-13-26)28-15-14-27(31-3)20-21(28)2/h10-15,20,22-24,30H,4-9,16-19H2,1-3H3. The topological polar surface area (TPSA) is 29.5 Å². The van der Waals surface area contributed by atoms with Crippen LogP contribution < -0.4 is 4.74 Å². The van der Waals surface area contributed by atoms with Crippen molar-refractivity contribution in [3.63, 3.8) is 0 Å². The number of aliphatic hydroxyl groups is 1. The van der Waals surface area contributed by atoms with Gasteiger partial charge < -0.3 is 9.84 Å². The molecule has 2 fully saturated rings. The number of benzene rings is 2. The Bertz CT molecular complexity index is 838. The van der Waals surface area contributed by atoms with E-state index in [0.717, 1.165) is 41.9 Å². The quantitative estimate of drug-likeness (QED) is 0.520. The second-order valence-corrected chi connectivity index (χ2v) is 10.2. The van der Waals surface area contributed by atoms with Crippen LogP contribution in [0.1, 0.15) is 82.3 Å². The molecule has 0 unspecified atom stereocenters. The molecular weight excluding hydrogens is 380 g/mol. The monoisotopic (exact) mass is 420 g/mol. The summed E-state index contributed by atoms with van der Waals surface area (Å²) in [5.41, 5.74) is 4.07. The Hall–Kier alpha value is -1.80. The van der Waals surface area contributed by atoms with Crippen molar-refractivity contribution in [2.24, 2.45) is 17.8 Å². The van der Waals surface area contributed by atoms with Gasteiger partial charge in [-0.1, -0.05) is 62.9 Å². The Labute approximate surface area is 189 Å². The van der Waals surface area contributed by atoms with Gasteiger partial charge in [-0.3, -0.25) is 0 Å². The van der Waals surface area contributed by atoms with Crippen molar-refractivity contribution in [2.75, 3.05) is 7.11 Å². The average molecular weight is 421 g/mol. The predicted octanol–water partition coefficient (Wildman–Crippen LogP) is 7.65. The predicted molar refractivity (Wildman–Crippen MR) is 129 cm³/mol. The van der Waals surface area contributed by atoms with Crippen molar-refractivity contribution in [3.8, 4) is 16.9 Å². The number of hydrogen-bond donors (Lipinski definition) is 1. The van der Waals surface area contributed by atoms with Crippen molar-refractivity contribution in [1.82, 2.24) is 0 Å². The Morgan fingerprint density at radius 3 is 2.13 bits per heavy atom. The third kappa shape index (κ3) is 5.00. The van der Waals surface area contributed by atoms with Crippen molar-refractivity contribution in [3.05, 3.63) is 53.6 Å². The molecule has 0 amide bonds. The van der Waals surface area contributed by atoms with E-state index >= 15 is 0 Å². The van der Waals surface area contributed by atoms with Crippen LogP contribution in [0.3, 0.4) is 0 Å². The molecule has 0 saturated heterocycles. The van der Waals surface area contributed by atoms with Crippen LogP contribution in [0.4, 0.5) is 0 Å². The highest BCUT2D eigenvalue weighted by atomic mass is 16.5. The van der Waals surface area contributed by atoms with Crippen LogP contribution in [0, 0.1) is 24.7 Å². The molecule has 31 heavy (non-hydrogen) atoms. The van der Waals surface area contributed by atoms with E-state index in [9.17, 15) is 5.11 Å². The molecule has 0 bridgehead atoms. The average Bonchev–Trinajstić information content (AvgIpc) is 2.80. The Morgan fingerprint density at radius 2 is 1.55 bits per heavy atom. The summed E-state index contributed by atoms with van der Waals surface area (Å²) >= 11 is 0. The van der Waals surface area contributed by atoms with Crippen molar-refractivity contribution >= 4 is 0 Å². The number of aryl methyl sites for hydroxylation is 1. The Balaban J connectivity index is 1.37. The van der Waals surface area contributed by atoms with Gasteiger partial charge in [-0.25, -0.2) is 0 Å². The highest BCUT2D eigenvalue weighted by molar-refractivity contribution is 5.68. The first-order valence-electron chi connectivity index (χ1n) is 12.5. The zero-order valence-corrected chi connectivity index (χ0v) is 19.7. The molecule has 0 aliphatic heterocycles. The summed E-state index contributed by atoms with van der Waals surface area (Å²) in [5.74, 6) is 3.60. The number of methoxy groups -OCH3 is 1. The minimum atomic E-state index is -0.649. The summed E-state index contributed by atoms with van der Waals surface area (Å²) in [5, 5.41) is 11.4. The second-order valence-electron chi connectivity index (χ2n) is 10.2. The highest BCUT2D eigenvalue weighted by Crippen LogP contribution is 2.46. The van der Waals surface area contributed by atoms with Crippen molar-refractivity contribution in [2.45, 2.75) is 83.7 Å². The smallest absolute Gasteiger partial charge is 0.119 e. The molecule has 2 heteroatoms. The van der Waals surface area contributed by atoms with E-state index in [0.29, 0.717) is 0 Å². The summed E-state index contributed by atoms with van der Waals surface area (Å²) in [6.45, 7) is 4.44. The molecule has 0 spiro atoms. The van der Waals surface area contributed by atoms with Crippen LogP contribution in [0.15, 0.2) is 42.5 Å². The largest absolute Gasteiger partial charge is 0.497 e. The van der Waals surface area contributed by atoms with Gasteiger partial charge in [-0.15, -0.1) is 0 Å². The summed E-state index contributed by atoms with van der Waals surface area (Å²) < 4.78 is 5.33. The lowest BCUT2D eigenvalue weighted by Gasteiger charge is -2.41. The first-order chi connectivity index (χ1) is 15.0. The fourth-order valence-electron chi connectivity index (χ4n) is 6.28. The van der Waals surface area contributed by atoms with Crippen LogP contribution in [0.25, 0.3) is 11.1 Å². The van der Waals surface area contributed by atoms with E-state index < -0.39 is 5.60 Å². The molecule has 0 atom stereocenters. The minimum absolute atomic E-state index is 0.649. The van der Waals surface area contributed by atoms with Gasteiger partial charge in [0.25, 0.3) is 0 Å². The molecule has 1 N–H and O–H groups in total. The molecule has 2 aromatic carbocycles. The van der Waals surface area contributed by atoms with Crippen LogP contribution in [-0.2, 0) is 5.60 Å². The maximum Gasteiger partial charge on any atom is 0.119 e. The van der Waals surface area contributed by atoms with Crippen LogP contribution >= 0.6 is 0 Å². The molecule has 2 aliphatic rings. The van der Waals surface area contributed by atoms with E-state index in [1.54, 1.807) is 7.11 Å². The molecule has 0 radical (unpaired) electrons. The van der Waals surface area contributed by atoms with E-state index in [4.69, 9.17) is 4.74 Å². The third-order valence-corrected chi connectivity index (χ3v) is 8.28. The summed E-state index contributed by atoms with van der Waals surface area (Å²) in [4.78, 5) is 0.